The van der Waals surface area contributed by atoms with E-state index in [0.29, 0.717) is 18.6 Å². The molecule has 0 bridgehead atoms. The van der Waals surface area contributed by atoms with Crippen molar-refractivity contribution >= 4 is 17.1 Å². The highest BCUT2D eigenvalue weighted by Gasteiger charge is 2.06. The van der Waals surface area contributed by atoms with Crippen LogP contribution in [0.15, 0.2) is 5.51 Å². The van der Waals surface area contributed by atoms with Gasteiger partial charge >= 0.3 is 0 Å². The van der Waals surface area contributed by atoms with Crippen LogP contribution in [0.3, 0.4) is 0 Å². The molecule has 0 aliphatic carbocycles. The molecule has 0 N–H and O–H groups in total. The summed E-state index contributed by atoms with van der Waals surface area (Å²) in [5.41, 5.74) is 2.92. The SMILES string of the molecule is COCCCCCC(=O)CCc1scnc1C. The largest absolute Gasteiger partial charge is 0.385 e. The van der Waals surface area contributed by atoms with Crippen molar-refractivity contribution in [3.63, 3.8) is 0 Å². The van der Waals surface area contributed by atoms with E-state index in [1.165, 1.54) is 4.88 Å². The number of aryl methyl sites for hydroxylation is 2. The van der Waals surface area contributed by atoms with Crippen LogP contribution in [-0.2, 0) is 16.0 Å². The van der Waals surface area contributed by atoms with E-state index >= 15 is 0 Å². The number of ketones is 1. The third-order valence-corrected chi connectivity index (χ3v) is 3.77. The first-order valence-electron chi connectivity index (χ1n) is 6.13. The minimum Gasteiger partial charge on any atom is -0.385 e. The molecule has 0 unspecified atom stereocenters. The van der Waals surface area contributed by atoms with Crippen LogP contribution in [0.25, 0.3) is 0 Å². The van der Waals surface area contributed by atoms with Gasteiger partial charge < -0.3 is 4.74 Å². The smallest absolute Gasteiger partial charge is 0.133 e. The zero-order valence-electron chi connectivity index (χ0n) is 10.7. The van der Waals surface area contributed by atoms with Crippen LogP contribution in [-0.4, -0.2) is 24.5 Å². The number of aromatic nitrogens is 1. The Morgan fingerprint density at radius 3 is 2.82 bits per heavy atom. The van der Waals surface area contributed by atoms with Crippen molar-refractivity contribution in [3.8, 4) is 0 Å². The molecule has 0 saturated heterocycles. The molecule has 0 saturated carbocycles. The fraction of sp³-hybridized carbons (Fsp3) is 0.692. The first kappa shape index (κ1) is 14.3. The van der Waals surface area contributed by atoms with Gasteiger partial charge in [-0.05, 0) is 26.2 Å². The van der Waals surface area contributed by atoms with E-state index in [1.807, 2.05) is 12.4 Å². The molecule has 1 heterocycles. The summed E-state index contributed by atoms with van der Waals surface area (Å²) in [6.45, 7) is 2.80. The van der Waals surface area contributed by atoms with Gasteiger partial charge in [0, 0.05) is 31.4 Å². The average molecular weight is 255 g/mol. The Morgan fingerprint density at radius 2 is 2.18 bits per heavy atom. The number of methoxy groups -OCH3 is 1. The van der Waals surface area contributed by atoms with E-state index in [2.05, 4.69) is 4.98 Å². The maximum Gasteiger partial charge on any atom is 0.133 e. The van der Waals surface area contributed by atoms with Crippen LogP contribution in [0, 0.1) is 6.92 Å². The van der Waals surface area contributed by atoms with Gasteiger partial charge in [0.05, 0.1) is 11.2 Å². The van der Waals surface area contributed by atoms with Gasteiger partial charge in [0.25, 0.3) is 0 Å². The predicted molar refractivity (Wildman–Crippen MR) is 70.5 cm³/mol. The lowest BCUT2D eigenvalue weighted by atomic mass is 10.1. The van der Waals surface area contributed by atoms with Gasteiger partial charge in [-0.15, -0.1) is 11.3 Å². The zero-order chi connectivity index (χ0) is 12.5. The maximum atomic E-state index is 11.6. The van der Waals surface area contributed by atoms with Gasteiger partial charge in [0.1, 0.15) is 5.78 Å². The second-order valence-electron chi connectivity index (χ2n) is 4.20. The molecule has 0 amide bonds. The summed E-state index contributed by atoms with van der Waals surface area (Å²) in [5, 5.41) is 0. The van der Waals surface area contributed by atoms with E-state index in [-0.39, 0.29) is 0 Å². The topological polar surface area (TPSA) is 39.2 Å². The molecule has 17 heavy (non-hydrogen) atoms. The van der Waals surface area contributed by atoms with E-state index in [0.717, 1.165) is 38.0 Å². The number of ether oxygens (including phenoxy) is 1. The van der Waals surface area contributed by atoms with Gasteiger partial charge in [-0.3, -0.25) is 4.79 Å². The van der Waals surface area contributed by atoms with Crippen LogP contribution in [0.5, 0.6) is 0 Å². The Bertz CT molecular complexity index is 336. The Balaban J connectivity index is 2.07. The standard InChI is InChI=1S/C13H21NO2S/c1-11-13(17-10-14-11)8-7-12(15)6-4-3-5-9-16-2/h10H,3-9H2,1-2H3. The minimum absolute atomic E-state index is 0.371. The summed E-state index contributed by atoms with van der Waals surface area (Å²) in [5.74, 6) is 0.371. The molecule has 96 valence electrons. The third kappa shape index (κ3) is 5.94. The highest BCUT2D eigenvalue weighted by molar-refractivity contribution is 7.09. The van der Waals surface area contributed by atoms with E-state index in [4.69, 9.17) is 4.74 Å². The number of hydrogen-bond donors (Lipinski definition) is 0. The van der Waals surface area contributed by atoms with Crippen molar-refractivity contribution in [1.82, 2.24) is 4.98 Å². The van der Waals surface area contributed by atoms with Crippen molar-refractivity contribution < 1.29 is 9.53 Å². The Hall–Kier alpha value is -0.740. The fourth-order valence-electron chi connectivity index (χ4n) is 1.69. The molecule has 4 heteroatoms. The molecule has 0 aromatic carbocycles. The van der Waals surface area contributed by atoms with Gasteiger partial charge in [0.2, 0.25) is 0 Å². The summed E-state index contributed by atoms with van der Waals surface area (Å²) in [7, 11) is 1.71. The maximum absolute atomic E-state index is 11.6. The second kappa shape index (κ2) is 8.37. The number of unbranched alkanes of at least 4 members (excludes halogenated alkanes) is 2. The molecule has 3 nitrogen and oxygen atoms in total. The van der Waals surface area contributed by atoms with Crippen LogP contribution >= 0.6 is 11.3 Å². The molecule has 1 rings (SSSR count). The lowest BCUT2D eigenvalue weighted by Gasteiger charge is -2.01. The van der Waals surface area contributed by atoms with E-state index < -0.39 is 0 Å². The first-order valence-corrected chi connectivity index (χ1v) is 7.01. The molecule has 0 radical (unpaired) electrons. The predicted octanol–water partition coefficient (Wildman–Crippen LogP) is 3.16. The number of thiazole rings is 1. The molecule has 1 aromatic heterocycles. The van der Waals surface area contributed by atoms with Gasteiger partial charge in [0.15, 0.2) is 0 Å². The second-order valence-corrected chi connectivity index (χ2v) is 5.14. The normalized spacial score (nSPS) is 10.7. The number of carbonyl (C=O) groups excluding carboxylic acids is 1. The third-order valence-electron chi connectivity index (χ3n) is 2.78. The van der Waals surface area contributed by atoms with Crippen molar-refractivity contribution in [1.29, 1.82) is 0 Å². The number of carbonyl (C=O) groups is 1. The average Bonchev–Trinajstić information content (AvgIpc) is 2.72. The molecule has 1 aromatic rings. The highest BCUT2D eigenvalue weighted by Crippen LogP contribution is 2.15. The number of hydrogen-bond acceptors (Lipinski definition) is 4. The lowest BCUT2D eigenvalue weighted by molar-refractivity contribution is -0.119. The summed E-state index contributed by atoms with van der Waals surface area (Å²) in [6, 6.07) is 0. The zero-order valence-corrected chi connectivity index (χ0v) is 11.5. The van der Waals surface area contributed by atoms with Gasteiger partial charge in [-0.25, -0.2) is 4.98 Å². The number of nitrogens with zero attached hydrogens (tertiary/aromatic N) is 1. The Kier molecular flexibility index (Phi) is 7.05. The summed E-state index contributed by atoms with van der Waals surface area (Å²) >= 11 is 1.65. The first-order chi connectivity index (χ1) is 8.24. The lowest BCUT2D eigenvalue weighted by Crippen LogP contribution is -2.00. The van der Waals surface area contributed by atoms with Crippen molar-refractivity contribution in [2.75, 3.05) is 13.7 Å². The quantitative estimate of drug-likeness (QED) is 0.636. The van der Waals surface area contributed by atoms with Crippen LogP contribution < -0.4 is 0 Å². The minimum atomic E-state index is 0.371. The summed E-state index contributed by atoms with van der Waals surface area (Å²) in [6.07, 6.45) is 5.35. The van der Waals surface area contributed by atoms with E-state index in [1.54, 1.807) is 18.4 Å². The Labute approximate surface area is 107 Å². The van der Waals surface area contributed by atoms with Crippen molar-refractivity contribution in [2.24, 2.45) is 0 Å². The molecule has 0 aliphatic heterocycles. The van der Waals surface area contributed by atoms with Crippen molar-refractivity contribution in [2.45, 2.75) is 45.4 Å². The Morgan fingerprint density at radius 1 is 1.35 bits per heavy atom. The van der Waals surface area contributed by atoms with Gasteiger partial charge in [-0.1, -0.05) is 6.42 Å². The molecule has 0 spiro atoms. The molecule has 0 atom stereocenters. The van der Waals surface area contributed by atoms with Crippen molar-refractivity contribution in [3.05, 3.63) is 16.1 Å². The fourth-order valence-corrected chi connectivity index (χ4v) is 2.47. The molecule has 0 fully saturated rings. The van der Waals surface area contributed by atoms with Crippen LogP contribution in [0.2, 0.25) is 0 Å². The summed E-state index contributed by atoms with van der Waals surface area (Å²) < 4.78 is 4.97. The number of Topliss-reactive ketones (excluding diaryl/α,β-unsaturated/α-hetero) is 1. The monoisotopic (exact) mass is 255 g/mol. The molecule has 0 aliphatic rings. The van der Waals surface area contributed by atoms with E-state index in [9.17, 15) is 4.79 Å². The summed E-state index contributed by atoms with van der Waals surface area (Å²) in [4.78, 5) is 17.1. The number of rotatable bonds is 9. The van der Waals surface area contributed by atoms with Crippen LogP contribution in [0.1, 0.15) is 42.7 Å². The van der Waals surface area contributed by atoms with Gasteiger partial charge in [-0.2, -0.15) is 0 Å². The highest BCUT2D eigenvalue weighted by atomic mass is 32.1. The van der Waals surface area contributed by atoms with Crippen LogP contribution in [0.4, 0.5) is 0 Å². The molecular weight excluding hydrogens is 234 g/mol. The molecular formula is C13H21NO2S.